The fourth-order valence-electron chi connectivity index (χ4n) is 1.83. The first kappa shape index (κ1) is 13.0. The van der Waals surface area contributed by atoms with Gasteiger partial charge in [-0.2, -0.15) is 0 Å². The van der Waals surface area contributed by atoms with Gasteiger partial charge in [0.2, 0.25) is 0 Å². The molecule has 0 aliphatic heterocycles. The number of thiocarbonyl (C=S) groups is 1. The van der Waals surface area contributed by atoms with E-state index in [-0.39, 0.29) is 5.91 Å². The van der Waals surface area contributed by atoms with Crippen LogP contribution in [-0.2, 0) is 0 Å². The lowest BCUT2D eigenvalue weighted by Gasteiger charge is -2.22. The van der Waals surface area contributed by atoms with Crippen LogP contribution in [0.4, 0.5) is 0 Å². The highest BCUT2D eigenvalue weighted by atomic mass is 32.1. The monoisotopic (exact) mass is 263 g/mol. The number of carbonyl (C=O) groups is 1. The normalized spacial score (nSPS) is 14.3. The van der Waals surface area contributed by atoms with Crippen molar-refractivity contribution < 1.29 is 4.79 Å². The van der Waals surface area contributed by atoms with E-state index in [0.717, 1.165) is 18.5 Å². The van der Waals surface area contributed by atoms with Crippen molar-refractivity contribution in [2.75, 3.05) is 6.54 Å². The molecule has 0 spiro atoms. The molecule has 0 saturated heterocycles. The summed E-state index contributed by atoms with van der Waals surface area (Å²) < 4.78 is 0. The summed E-state index contributed by atoms with van der Waals surface area (Å²) >= 11 is 4.87. The molecule has 1 aliphatic carbocycles. The van der Waals surface area contributed by atoms with E-state index >= 15 is 0 Å². The van der Waals surface area contributed by atoms with Gasteiger partial charge in [0.05, 0.1) is 10.6 Å². The van der Waals surface area contributed by atoms with Crippen LogP contribution in [-0.4, -0.2) is 33.4 Å². The summed E-state index contributed by atoms with van der Waals surface area (Å²) in [7, 11) is 0. The van der Waals surface area contributed by atoms with Crippen LogP contribution in [0.3, 0.4) is 0 Å². The molecule has 1 amide bonds. The third kappa shape index (κ3) is 3.26. The van der Waals surface area contributed by atoms with E-state index in [2.05, 4.69) is 4.98 Å². The highest BCUT2D eigenvalue weighted by molar-refractivity contribution is 7.80. The Bertz CT molecular complexity index is 454. The lowest BCUT2D eigenvalue weighted by atomic mass is 10.2. The molecule has 96 valence electrons. The van der Waals surface area contributed by atoms with Gasteiger partial charge in [-0.15, -0.1) is 0 Å². The Kier molecular flexibility index (Phi) is 3.91. The molecule has 2 rings (SSSR count). The van der Waals surface area contributed by atoms with Crippen molar-refractivity contribution in [1.82, 2.24) is 9.88 Å². The van der Waals surface area contributed by atoms with Gasteiger partial charge >= 0.3 is 0 Å². The van der Waals surface area contributed by atoms with Gasteiger partial charge in [0.15, 0.2) is 0 Å². The van der Waals surface area contributed by atoms with Crippen LogP contribution in [0.25, 0.3) is 0 Å². The molecule has 1 aromatic heterocycles. The van der Waals surface area contributed by atoms with E-state index in [4.69, 9.17) is 18.0 Å². The smallest absolute Gasteiger partial charge is 0.255 e. The molecule has 0 bridgehead atoms. The van der Waals surface area contributed by atoms with Gasteiger partial charge in [-0.25, -0.2) is 0 Å². The molecule has 0 unspecified atom stereocenters. The van der Waals surface area contributed by atoms with Crippen molar-refractivity contribution in [1.29, 1.82) is 0 Å². The summed E-state index contributed by atoms with van der Waals surface area (Å²) in [5.41, 5.74) is 7.05. The topological polar surface area (TPSA) is 59.2 Å². The van der Waals surface area contributed by atoms with Crippen LogP contribution in [0.15, 0.2) is 18.3 Å². The summed E-state index contributed by atoms with van der Waals surface area (Å²) in [5.74, 6) is 0.0289. The minimum Gasteiger partial charge on any atom is -0.393 e. The summed E-state index contributed by atoms with van der Waals surface area (Å²) in [4.78, 5) is 18.8. The molecule has 1 aromatic rings. The molecule has 1 saturated carbocycles. The molecule has 0 radical (unpaired) electrons. The van der Waals surface area contributed by atoms with Crippen molar-refractivity contribution in [3.8, 4) is 0 Å². The maximum Gasteiger partial charge on any atom is 0.255 e. The number of amides is 1. The third-order valence-corrected chi connectivity index (χ3v) is 3.21. The Hall–Kier alpha value is -1.49. The fourth-order valence-corrected chi connectivity index (χ4v) is 1.92. The number of aromatic nitrogens is 1. The van der Waals surface area contributed by atoms with Gasteiger partial charge < -0.3 is 10.6 Å². The van der Waals surface area contributed by atoms with Gasteiger partial charge in [0, 0.05) is 30.9 Å². The molecule has 1 fully saturated rings. The molecule has 1 aliphatic rings. The third-order valence-electron chi connectivity index (χ3n) is 3.01. The van der Waals surface area contributed by atoms with Crippen LogP contribution in [0.5, 0.6) is 0 Å². The molecule has 2 N–H and O–H groups in total. The van der Waals surface area contributed by atoms with Crippen LogP contribution in [0, 0.1) is 6.92 Å². The molecule has 18 heavy (non-hydrogen) atoms. The number of hydrogen-bond donors (Lipinski definition) is 1. The molecular weight excluding hydrogens is 246 g/mol. The average Bonchev–Trinajstić information content (AvgIpc) is 3.14. The summed E-state index contributed by atoms with van der Waals surface area (Å²) in [5, 5.41) is 0. The van der Waals surface area contributed by atoms with Crippen LogP contribution < -0.4 is 5.73 Å². The summed E-state index contributed by atoms with van der Waals surface area (Å²) in [6.45, 7) is 2.51. The van der Waals surface area contributed by atoms with E-state index in [1.54, 1.807) is 6.20 Å². The van der Waals surface area contributed by atoms with Gasteiger partial charge in [0.1, 0.15) is 0 Å². The Balaban J connectivity index is 2.07. The van der Waals surface area contributed by atoms with Gasteiger partial charge in [-0.1, -0.05) is 12.2 Å². The maximum absolute atomic E-state index is 12.4. The SMILES string of the molecule is Cc1ccc(C(=O)N(CCC(N)=S)C2CC2)cn1. The number of carbonyl (C=O) groups excluding carboxylic acids is 1. The molecule has 4 nitrogen and oxygen atoms in total. The quantitative estimate of drug-likeness (QED) is 0.821. The Morgan fingerprint density at radius 3 is 2.78 bits per heavy atom. The zero-order valence-electron chi connectivity index (χ0n) is 10.4. The second-order valence-electron chi connectivity index (χ2n) is 4.63. The first-order valence-electron chi connectivity index (χ1n) is 6.10. The zero-order chi connectivity index (χ0) is 13.1. The van der Waals surface area contributed by atoms with Crippen molar-refractivity contribution >= 4 is 23.1 Å². The number of aryl methyl sites for hydroxylation is 1. The number of pyridine rings is 1. The molecule has 0 atom stereocenters. The second kappa shape index (κ2) is 5.44. The first-order chi connectivity index (χ1) is 8.58. The predicted octanol–water partition coefficient (Wildman–Crippen LogP) is 1.67. The highest BCUT2D eigenvalue weighted by Gasteiger charge is 2.32. The standard InChI is InChI=1S/C13H17N3OS/c1-9-2-3-10(8-15-9)13(17)16(11-4-5-11)7-6-12(14)18/h2-3,8,11H,4-7H2,1H3,(H2,14,18). The second-order valence-corrected chi connectivity index (χ2v) is 5.16. The number of hydrogen-bond acceptors (Lipinski definition) is 3. The van der Waals surface area contributed by atoms with Gasteiger partial charge in [0.25, 0.3) is 5.91 Å². The Morgan fingerprint density at radius 2 is 2.28 bits per heavy atom. The zero-order valence-corrected chi connectivity index (χ0v) is 11.2. The van der Waals surface area contributed by atoms with E-state index in [9.17, 15) is 4.79 Å². The number of rotatable bonds is 5. The summed E-state index contributed by atoms with van der Waals surface area (Å²) in [6, 6.07) is 4.03. The maximum atomic E-state index is 12.4. The van der Waals surface area contributed by atoms with E-state index < -0.39 is 0 Å². The molecule has 5 heteroatoms. The summed E-state index contributed by atoms with van der Waals surface area (Å²) in [6.07, 6.45) is 4.36. The minimum atomic E-state index is 0.0289. The van der Waals surface area contributed by atoms with Crippen LogP contribution in [0.2, 0.25) is 0 Å². The number of nitrogens with zero attached hydrogens (tertiary/aromatic N) is 2. The van der Waals surface area contributed by atoms with Gasteiger partial charge in [-0.3, -0.25) is 9.78 Å². The largest absolute Gasteiger partial charge is 0.393 e. The fraction of sp³-hybridized carbons (Fsp3) is 0.462. The average molecular weight is 263 g/mol. The molecular formula is C13H17N3OS. The van der Waals surface area contributed by atoms with E-state index in [1.165, 1.54) is 0 Å². The van der Waals surface area contributed by atoms with Crippen molar-refractivity contribution in [2.24, 2.45) is 5.73 Å². The number of nitrogens with two attached hydrogens (primary N) is 1. The van der Waals surface area contributed by atoms with Gasteiger partial charge in [-0.05, 0) is 31.9 Å². The van der Waals surface area contributed by atoms with Crippen LogP contribution >= 0.6 is 12.2 Å². The lowest BCUT2D eigenvalue weighted by Crippen LogP contribution is -2.35. The minimum absolute atomic E-state index is 0.0289. The van der Waals surface area contributed by atoms with Crippen LogP contribution in [0.1, 0.15) is 35.3 Å². The Morgan fingerprint density at radius 1 is 1.56 bits per heavy atom. The molecule has 1 heterocycles. The predicted molar refractivity (Wildman–Crippen MR) is 74.4 cm³/mol. The van der Waals surface area contributed by atoms with Crippen molar-refractivity contribution in [2.45, 2.75) is 32.2 Å². The first-order valence-corrected chi connectivity index (χ1v) is 6.50. The van der Waals surface area contributed by atoms with Crippen molar-refractivity contribution in [3.05, 3.63) is 29.6 Å². The van der Waals surface area contributed by atoms with E-state index in [0.29, 0.717) is 29.6 Å². The lowest BCUT2D eigenvalue weighted by molar-refractivity contribution is 0.0747. The van der Waals surface area contributed by atoms with E-state index in [1.807, 2.05) is 24.0 Å². The molecule has 0 aromatic carbocycles. The highest BCUT2D eigenvalue weighted by Crippen LogP contribution is 2.28. The van der Waals surface area contributed by atoms with Crippen molar-refractivity contribution in [3.63, 3.8) is 0 Å². The Labute approximate surface area is 112 Å².